The van der Waals surface area contributed by atoms with E-state index < -0.39 is 17.5 Å². The van der Waals surface area contributed by atoms with Gasteiger partial charge in [-0.3, -0.25) is 4.79 Å². The highest BCUT2D eigenvalue weighted by Gasteiger charge is 2.41. The monoisotopic (exact) mass is 352 g/mol. The molecule has 2 aliphatic rings. The molecule has 2 unspecified atom stereocenters. The van der Waals surface area contributed by atoms with Gasteiger partial charge in [0.05, 0.1) is 5.69 Å². The van der Waals surface area contributed by atoms with Gasteiger partial charge in [0.2, 0.25) is 5.91 Å². The first kappa shape index (κ1) is 17.5. The number of amides is 2. The summed E-state index contributed by atoms with van der Waals surface area (Å²) in [4.78, 5) is 23.8. The molecule has 3 rings (SSSR count). The SMILES string of the molecule is CC1CN(C(=O)O)CCC1(O)COc1ccc(F)c2c1CCC(=O)N2. The molecular weight excluding hydrogens is 331 g/mol. The molecule has 8 heteroatoms. The number of aliphatic hydroxyl groups is 1. The van der Waals surface area contributed by atoms with E-state index in [0.29, 0.717) is 17.7 Å². The van der Waals surface area contributed by atoms with Crippen molar-refractivity contribution in [3.05, 3.63) is 23.5 Å². The second-order valence-corrected chi connectivity index (χ2v) is 6.72. The fourth-order valence-electron chi connectivity index (χ4n) is 3.32. The average Bonchev–Trinajstić information content (AvgIpc) is 2.57. The van der Waals surface area contributed by atoms with Crippen LogP contribution in [-0.2, 0) is 11.2 Å². The van der Waals surface area contributed by atoms with Crippen LogP contribution in [0.3, 0.4) is 0 Å². The molecule has 2 amide bonds. The Morgan fingerprint density at radius 3 is 2.92 bits per heavy atom. The Labute approximate surface area is 144 Å². The van der Waals surface area contributed by atoms with E-state index in [-0.39, 0.29) is 50.1 Å². The summed E-state index contributed by atoms with van der Waals surface area (Å²) in [6.45, 7) is 2.22. The molecule has 0 saturated carbocycles. The molecule has 1 saturated heterocycles. The molecule has 0 aliphatic carbocycles. The van der Waals surface area contributed by atoms with Gasteiger partial charge in [0.15, 0.2) is 0 Å². The third-order valence-electron chi connectivity index (χ3n) is 5.06. The lowest BCUT2D eigenvalue weighted by Crippen LogP contribution is -2.55. The molecule has 0 radical (unpaired) electrons. The van der Waals surface area contributed by atoms with Crippen LogP contribution in [0.15, 0.2) is 12.1 Å². The standard InChI is InChI=1S/C17H21FN2O5/c1-10-8-20(16(22)23)7-6-17(10,24)9-25-13-4-3-12(18)15-11(13)2-5-14(21)19-15/h3-4,10,24H,2,5-9H2,1H3,(H,19,21)(H,22,23). The third-order valence-corrected chi connectivity index (χ3v) is 5.06. The summed E-state index contributed by atoms with van der Waals surface area (Å²) in [6, 6.07) is 2.71. The van der Waals surface area contributed by atoms with Crippen LogP contribution >= 0.6 is 0 Å². The molecule has 1 aromatic carbocycles. The normalized spacial score (nSPS) is 26.0. The average molecular weight is 352 g/mol. The van der Waals surface area contributed by atoms with Crippen LogP contribution in [0.2, 0.25) is 0 Å². The summed E-state index contributed by atoms with van der Waals surface area (Å²) in [6.07, 6.45) is -0.116. The lowest BCUT2D eigenvalue weighted by Gasteiger charge is -2.42. The number of ether oxygens (including phenoxy) is 1. The molecule has 2 heterocycles. The van der Waals surface area contributed by atoms with Crippen LogP contribution in [0.4, 0.5) is 14.9 Å². The number of hydrogen-bond donors (Lipinski definition) is 3. The molecule has 2 atom stereocenters. The van der Waals surface area contributed by atoms with Crippen LogP contribution < -0.4 is 10.1 Å². The van der Waals surface area contributed by atoms with Crippen molar-refractivity contribution in [2.75, 3.05) is 25.0 Å². The van der Waals surface area contributed by atoms with Gasteiger partial charge in [-0.1, -0.05) is 6.92 Å². The number of carbonyl (C=O) groups excluding carboxylic acids is 1. The van der Waals surface area contributed by atoms with E-state index in [1.807, 2.05) is 0 Å². The molecule has 0 spiro atoms. The van der Waals surface area contributed by atoms with E-state index in [0.717, 1.165) is 0 Å². The van der Waals surface area contributed by atoms with Crippen LogP contribution in [0.25, 0.3) is 0 Å². The number of likely N-dealkylation sites (tertiary alicyclic amines) is 1. The quantitative estimate of drug-likeness (QED) is 0.771. The summed E-state index contributed by atoms with van der Waals surface area (Å²) in [5.74, 6) is -0.625. The third kappa shape index (κ3) is 3.39. The van der Waals surface area contributed by atoms with Gasteiger partial charge in [0, 0.05) is 31.0 Å². The first-order valence-electron chi connectivity index (χ1n) is 8.24. The molecular formula is C17H21FN2O5. The van der Waals surface area contributed by atoms with Crippen LogP contribution in [0.1, 0.15) is 25.3 Å². The van der Waals surface area contributed by atoms with Gasteiger partial charge in [-0.2, -0.15) is 0 Å². The van der Waals surface area contributed by atoms with Gasteiger partial charge in [0.1, 0.15) is 23.8 Å². The molecule has 3 N–H and O–H groups in total. The second kappa shape index (κ2) is 6.51. The van der Waals surface area contributed by atoms with Gasteiger partial charge in [-0.15, -0.1) is 0 Å². The summed E-state index contributed by atoms with van der Waals surface area (Å²) < 4.78 is 19.7. The Hall–Kier alpha value is -2.35. The Bertz CT molecular complexity index is 711. The van der Waals surface area contributed by atoms with Crippen molar-refractivity contribution in [1.82, 2.24) is 4.90 Å². The minimum atomic E-state index is -1.16. The van der Waals surface area contributed by atoms with Crippen LogP contribution in [0, 0.1) is 11.7 Å². The number of rotatable bonds is 3. The van der Waals surface area contributed by atoms with Crippen molar-refractivity contribution in [3.63, 3.8) is 0 Å². The number of fused-ring (bicyclic) bond motifs is 1. The smallest absolute Gasteiger partial charge is 0.407 e. The van der Waals surface area contributed by atoms with E-state index in [4.69, 9.17) is 9.84 Å². The Morgan fingerprint density at radius 1 is 1.48 bits per heavy atom. The molecule has 25 heavy (non-hydrogen) atoms. The molecule has 2 aliphatic heterocycles. The molecule has 7 nitrogen and oxygen atoms in total. The number of nitrogens with zero attached hydrogens (tertiary/aromatic N) is 1. The van der Waals surface area contributed by atoms with Gasteiger partial charge in [-0.05, 0) is 25.0 Å². The second-order valence-electron chi connectivity index (χ2n) is 6.72. The topological polar surface area (TPSA) is 99.1 Å². The molecule has 1 aromatic rings. The number of nitrogens with one attached hydrogen (secondary N) is 1. The number of carbonyl (C=O) groups is 2. The first-order chi connectivity index (χ1) is 11.8. The van der Waals surface area contributed by atoms with Gasteiger partial charge >= 0.3 is 6.09 Å². The van der Waals surface area contributed by atoms with Gasteiger partial charge < -0.3 is 25.2 Å². The molecule has 1 fully saturated rings. The summed E-state index contributed by atoms with van der Waals surface area (Å²) in [5, 5.41) is 22.4. The maximum Gasteiger partial charge on any atom is 0.407 e. The maximum absolute atomic E-state index is 13.9. The first-order valence-corrected chi connectivity index (χ1v) is 8.24. The summed E-state index contributed by atoms with van der Waals surface area (Å²) in [5.41, 5.74) is -0.446. The summed E-state index contributed by atoms with van der Waals surface area (Å²) in [7, 11) is 0. The van der Waals surface area contributed by atoms with E-state index in [2.05, 4.69) is 5.32 Å². The molecule has 0 bridgehead atoms. The minimum absolute atomic E-state index is 0.0202. The van der Waals surface area contributed by atoms with Crippen molar-refractivity contribution >= 4 is 17.7 Å². The van der Waals surface area contributed by atoms with Crippen LogP contribution in [0.5, 0.6) is 5.75 Å². The van der Waals surface area contributed by atoms with E-state index in [1.54, 1.807) is 6.92 Å². The van der Waals surface area contributed by atoms with Gasteiger partial charge in [0.25, 0.3) is 0 Å². The van der Waals surface area contributed by atoms with Crippen LogP contribution in [-0.4, -0.2) is 52.4 Å². The number of carboxylic acid groups (broad SMARTS) is 1. The lowest BCUT2D eigenvalue weighted by atomic mass is 9.83. The molecule has 136 valence electrons. The van der Waals surface area contributed by atoms with Crippen molar-refractivity contribution in [1.29, 1.82) is 0 Å². The lowest BCUT2D eigenvalue weighted by molar-refractivity contribution is -0.116. The number of piperidine rings is 1. The Kier molecular flexibility index (Phi) is 4.55. The van der Waals surface area contributed by atoms with E-state index in [9.17, 15) is 19.1 Å². The number of halogens is 1. The van der Waals surface area contributed by atoms with Gasteiger partial charge in [-0.25, -0.2) is 9.18 Å². The predicted octanol–water partition coefficient (Wildman–Crippen LogP) is 1.84. The largest absolute Gasteiger partial charge is 0.490 e. The Balaban J connectivity index is 1.73. The summed E-state index contributed by atoms with van der Waals surface area (Å²) >= 11 is 0. The van der Waals surface area contributed by atoms with E-state index in [1.165, 1.54) is 17.0 Å². The fraction of sp³-hybridized carbons (Fsp3) is 0.529. The number of hydrogen-bond acceptors (Lipinski definition) is 4. The van der Waals surface area contributed by atoms with E-state index >= 15 is 0 Å². The highest BCUT2D eigenvalue weighted by Crippen LogP contribution is 2.35. The Morgan fingerprint density at radius 2 is 2.24 bits per heavy atom. The van der Waals surface area contributed by atoms with Crippen molar-refractivity contribution in [2.45, 2.75) is 31.8 Å². The molecule has 0 aromatic heterocycles. The number of anilines is 1. The van der Waals surface area contributed by atoms with Crippen molar-refractivity contribution in [2.24, 2.45) is 5.92 Å². The predicted molar refractivity (Wildman–Crippen MR) is 87.2 cm³/mol. The fourth-order valence-corrected chi connectivity index (χ4v) is 3.32. The van der Waals surface area contributed by atoms with Crippen molar-refractivity contribution < 1.29 is 28.9 Å². The van der Waals surface area contributed by atoms with Crippen molar-refractivity contribution in [3.8, 4) is 5.75 Å². The maximum atomic E-state index is 13.9. The highest BCUT2D eigenvalue weighted by atomic mass is 19.1. The highest BCUT2D eigenvalue weighted by molar-refractivity contribution is 5.94. The zero-order valence-corrected chi connectivity index (χ0v) is 13.9. The zero-order chi connectivity index (χ0) is 18.2. The minimum Gasteiger partial charge on any atom is -0.490 e. The zero-order valence-electron chi connectivity index (χ0n) is 13.9. The number of benzene rings is 1.